The van der Waals surface area contributed by atoms with Crippen molar-refractivity contribution >= 4 is 23.5 Å². The van der Waals surface area contributed by atoms with Gasteiger partial charge in [0.25, 0.3) is 0 Å². The summed E-state index contributed by atoms with van der Waals surface area (Å²) >= 11 is 0. The monoisotopic (exact) mass is 275 g/mol. The average Bonchev–Trinajstić information content (AvgIpc) is 2.44. The predicted octanol–water partition coefficient (Wildman–Crippen LogP) is 2.10. The molecule has 0 unspecified atom stereocenters. The van der Waals surface area contributed by atoms with Gasteiger partial charge in [0.15, 0.2) is 5.78 Å². The normalized spacial score (nSPS) is 13.6. The molecule has 0 aromatic heterocycles. The Labute approximate surface area is 115 Å². The number of Topliss-reactive ketones (excluding diaryl/α,β-unsaturated/α-hetero) is 1. The van der Waals surface area contributed by atoms with Gasteiger partial charge < -0.3 is 9.84 Å². The lowest BCUT2D eigenvalue weighted by Crippen LogP contribution is -2.38. The summed E-state index contributed by atoms with van der Waals surface area (Å²) in [6.07, 6.45) is 0.878. The quantitative estimate of drug-likeness (QED) is 0.854. The number of rotatable bonds is 3. The van der Waals surface area contributed by atoms with Crippen LogP contribution in [0.4, 0.5) is 10.5 Å². The number of amides is 1. The maximum Gasteiger partial charge on any atom is 0.414 e. The summed E-state index contributed by atoms with van der Waals surface area (Å²) in [5.41, 5.74) is 0.228. The van der Waals surface area contributed by atoms with Gasteiger partial charge in [-0.2, -0.15) is 0 Å². The Balaban J connectivity index is 2.44. The first-order valence-electron chi connectivity index (χ1n) is 6.01. The molecule has 6 heteroatoms. The topological polar surface area (TPSA) is 83.9 Å². The number of carboxylic acids is 1. The molecule has 20 heavy (non-hydrogen) atoms. The Morgan fingerprint density at radius 2 is 2.20 bits per heavy atom. The zero-order valence-electron chi connectivity index (χ0n) is 10.7. The van der Waals surface area contributed by atoms with Crippen molar-refractivity contribution in [3.05, 3.63) is 42.0 Å². The maximum atomic E-state index is 11.9. The molecule has 104 valence electrons. The number of nitrogens with zero attached hydrogens (tertiary/aromatic N) is 1. The molecule has 0 aliphatic carbocycles. The van der Waals surface area contributed by atoms with E-state index in [0.717, 1.165) is 0 Å². The zero-order valence-corrected chi connectivity index (χ0v) is 10.7. The molecule has 1 aromatic carbocycles. The highest BCUT2D eigenvalue weighted by Gasteiger charge is 2.31. The minimum atomic E-state index is -1.20. The Kier molecular flexibility index (Phi) is 3.84. The number of benzene rings is 1. The smallest absolute Gasteiger partial charge is 0.414 e. The van der Waals surface area contributed by atoms with Gasteiger partial charge in [0.2, 0.25) is 0 Å². The van der Waals surface area contributed by atoms with E-state index in [1.165, 1.54) is 29.2 Å². The van der Waals surface area contributed by atoms with Gasteiger partial charge in [0, 0.05) is 13.0 Å². The predicted molar refractivity (Wildman–Crippen MR) is 71.2 cm³/mol. The molecule has 1 aromatic rings. The van der Waals surface area contributed by atoms with Crippen LogP contribution >= 0.6 is 0 Å². The van der Waals surface area contributed by atoms with Crippen molar-refractivity contribution in [3.63, 3.8) is 0 Å². The van der Waals surface area contributed by atoms with Crippen LogP contribution in [-0.4, -0.2) is 36.1 Å². The second-order valence-electron chi connectivity index (χ2n) is 4.20. The summed E-state index contributed by atoms with van der Waals surface area (Å²) in [6, 6.07) is 4.38. The highest BCUT2D eigenvalue weighted by atomic mass is 16.6. The van der Waals surface area contributed by atoms with Crippen molar-refractivity contribution in [2.75, 3.05) is 18.1 Å². The second kappa shape index (κ2) is 5.56. The number of hydrogen-bond acceptors (Lipinski definition) is 4. The lowest BCUT2D eigenvalue weighted by Gasteiger charge is -2.28. The van der Waals surface area contributed by atoms with Crippen molar-refractivity contribution in [2.45, 2.75) is 6.42 Å². The van der Waals surface area contributed by atoms with E-state index in [1.807, 2.05) is 0 Å². The van der Waals surface area contributed by atoms with E-state index < -0.39 is 12.1 Å². The number of ketones is 1. The van der Waals surface area contributed by atoms with Crippen LogP contribution in [0, 0.1) is 0 Å². The van der Waals surface area contributed by atoms with Crippen LogP contribution in [0.1, 0.15) is 27.1 Å². The van der Waals surface area contributed by atoms with Gasteiger partial charge in [0.1, 0.15) is 6.61 Å². The van der Waals surface area contributed by atoms with Crippen LogP contribution in [-0.2, 0) is 4.74 Å². The van der Waals surface area contributed by atoms with E-state index in [2.05, 4.69) is 6.58 Å². The van der Waals surface area contributed by atoms with Crippen LogP contribution in [0.5, 0.6) is 0 Å². The molecule has 1 aliphatic heterocycles. The van der Waals surface area contributed by atoms with E-state index in [-0.39, 0.29) is 42.2 Å². The minimum absolute atomic E-state index is 0.0528. The number of carboxylic acid groups (broad SMARTS) is 1. The van der Waals surface area contributed by atoms with E-state index >= 15 is 0 Å². The van der Waals surface area contributed by atoms with Gasteiger partial charge in [-0.05, 0) is 12.1 Å². The van der Waals surface area contributed by atoms with Crippen LogP contribution in [0.15, 0.2) is 30.9 Å². The Bertz CT molecular complexity index is 593. The van der Waals surface area contributed by atoms with Crippen LogP contribution in [0.2, 0.25) is 0 Å². The van der Waals surface area contributed by atoms with Crippen LogP contribution < -0.4 is 4.90 Å². The number of carbonyl (C=O) groups excluding carboxylic acids is 2. The Morgan fingerprint density at radius 3 is 2.85 bits per heavy atom. The number of anilines is 1. The number of fused-ring (bicyclic) bond motifs is 1. The molecule has 1 heterocycles. The molecule has 1 aliphatic rings. The van der Waals surface area contributed by atoms with Gasteiger partial charge in [0.05, 0.1) is 16.8 Å². The molecule has 2 rings (SSSR count). The summed E-state index contributed by atoms with van der Waals surface area (Å²) in [7, 11) is 0. The second-order valence-corrected chi connectivity index (χ2v) is 4.20. The van der Waals surface area contributed by atoms with Crippen LogP contribution in [0.25, 0.3) is 0 Å². The van der Waals surface area contributed by atoms with E-state index in [1.54, 1.807) is 0 Å². The molecule has 0 atom stereocenters. The number of carbonyl (C=O) groups is 3. The molecule has 1 amide bonds. The fraction of sp³-hybridized carbons (Fsp3) is 0.214. The van der Waals surface area contributed by atoms with E-state index in [9.17, 15) is 14.4 Å². The third-order valence-electron chi connectivity index (χ3n) is 2.95. The first-order chi connectivity index (χ1) is 9.56. The van der Waals surface area contributed by atoms with E-state index in [0.29, 0.717) is 0 Å². The van der Waals surface area contributed by atoms with Crippen molar-refractivity contribution in [1.82, 2.24) is 0 Å². The SMILES string of the molecule is C=CCOC(=O)N1CCC(=O)c2c(C(=O)O)cccc21. The molecular weight excluding hydrogens is 262 g/mol. The van der Waals surface area contributed by atoms with Crippen molar-refractivity contribution in [3.8, 4) is 0 Å². The fourth-order valence-electron chi connectivity index (χ4n) is 2.09. The first-order valence-corrected chi connectivity index (χ1v) is 6.01. The van der Waals surface area contributed by atoms with Gasteiger partial charge in [-0.15, -0.1) is 0 Å². The zero-order chi connectivity index (χ0) is 14.7. The highest BCUT2D eigenvalue weighted by Crippen LogP contribution is 2.30. The summed E-state index contributed by atoms with van der Waals surface area (Å²) in [6.45, 7) is 3.67. The van der Waals surface area contributed by atoms with Gasteiger partial charge in [-0.25, -0.2) is 9.59 Å². The van der Waals surface area contributed by atoms with Crippen molar-refractivity contribution in [2.24, 2.45) is 0 Å². The average molecular weight is 275 g/mol. The highest BCUT2D eigenvalue weighted by molar-refractivity contribution is 6.13. The van der Waals surface area contributed by atoms with Crippen molar-refractivity contribution in [1.29, 1.82) is 0 Å². The first kappa shape index (κ1) is 13.8. The largest absolute Gasteiger partial charge is 0.478 e. The molecule has 0 fully saturated rings. The summed E-state index contributed by atoms with van der Waals surface area (Å²) in [5, 5.41) is 9.12. The standard InChI is InChI=1S/C14H13NO5/c1-2-8-20-14(19)15-7-6-11(16)12-9(13(17)18)4-3-5-10(12)15/h2-5H,1,6-8H2,(H,17,18). The van der Waals surface area contributed by atoms with Gasteiger partial charge in [-0.3, -0.25) is 9.69 Å². The summed E-state index contributed by atoms with van der Waals surface area (Å²) < 4.78 is 4.93. The van der Waals surface area contributed by atoms with Gasteiger partial charge in [-0.1, -0.05) is 18.7 Å². The lowest BCUT2D eigenvalue weighted by atomic mass is 9.95. The Morgan fingerprint density at radius 1 is 1.45 bits per heavy atom. The van der Waals surface area contributed by atoms with E-state index in [4.69, 9.17) is 9.84 Å². The molecule has 6 nitrogen and oxygen atoms in total. The Hall–Kier alpha value is -2.63. The molecule has 0 saturated heterocycles. The van der Waals surface area contributed by atoms with Gasteiger partial charge >= 0.3 is 12.1 Å². The molecule has 0 bridgehead atoms. The summed E-state index contributed by atoms with van der Waals surface area (Å²) in [4.78, 5) is 36.3. The molecule has 1 N–H and O–H groups in total. The maximum absolute atomic E-state index is 11.9. The number of hydrogen-bond donors (Lipinski definition) is 1. The molecule has 0 radical (unpaired) electrons. The third kappa shape index (κ3) is 2.40. The molecule has 0 spiro atoms. The molecular formula is C14H13NO5. The minimum Gasteiger partial charge on any atom is -0.478 e. The third-order valence-corrected chi connectivity index (χ3v) is 2.95. The number of ether oxygens (including phenoxy) is 1. The summed E-state index contributed by atoms with van der Waals surface area (Å²) in [5.74, 6) is -1.48. The number of aromatic carboxylic acids is 1. The van der Waals surface area contributed by atoms with Crippen LogP contribution in [0.3, 0.4) is 0 Å². The lowest BCUT2D eigenvalue weighted by molar-refractivity contribution is 0.0691. The van der Waals surface area contributed by atoms with Crippen molar-refractivity contribution < 1.29 is 24.2 Å². The fourth-order valence-corrected chi connectivity index (χ4v) is 2.09. The molecule has 0 saturated carbocycles.